The second kappa shape index (κ2) is 5.67. The lowest BCUT2D eigenvalue weighted by molar-refractivity contribution is 1.22. The molecule has 0 saturated carbocycles. The van der Waals surface area contributed by atoms with Gasteiger partial charge in [0.1, 0.15) is 5.01 Å². The third-order valence-electron chi connectivity index (χ3n) is 2.31. The van der Waals surface area contributed by atoms with Crippen LogP contribution in [0.3, 0.4) is 0 Å². The summed E-state index contributed by atoms with van der Waals surface area (Å²) in [6.45, 7) is 4.09. The zero-order chi connectivity index (χ0) is 10.8. The van der Waals surface area contributed by atoms with Gasteiger partial charge in [-0.3, -0.25) is 0 Å². The first-order valence-corrected chi connectivity index (χ1v) is 6.15. The molecule has 1 aromatic carbocycles. The second-order valence-electron chi connectivity index (χ2n) is 3.53. The van der Waals surface area contributed by atoms with Crippen molar-refractivity contribution < 1.29 is 0 Å². The molecule has 0 fully saturated rings. The van der Waals surface area contributed by atoms with E-state index in [4.69, 9.17) is 11.6 Å². The van der Waals surface area contributed by atoms with E-state index in [-0.39, 0.29) is 12.4 Å². The Balaban J connectivity index is 0.00000128. The van der Waals surface area contributed by atoms with Crippen LogP contribution in [-0.4, -0.2) is 4.98 Å². The number of nitrogens with zero attached hydrogens (tertiary/aromatic N) is 1. The van der Waals surface area contributed by atoms with Gasteiger partial charge in [0.25, 0.3) is 0 Å². The fraction of sp³-hybridized carbons (Fsp3) is 0.250. The Morgan fingerprint density at radius 1 is 1.19 bits per heavy atom. The number of benzene rings is 1. The van der Waals surface area contributed by atoms with E-state index in [1.807, 2.05) is 6.92 Å². The van der Waals surface area contributed by atoms with Crippen LogP contribution in [0.4, 0.5) is 0 Å². The van der Waals surface area contributed by atoms with Crippen LogP contribution in [0, 0.1) is 13.8 Å². The van der Waals surface area contributed by atoms with Crippen molar-refractivity contribution in [3.8, 4) is 10.6 Å². The molecule has 2 rings (SSSR count). The van der Waals surface area contributed by atoms with Crippen LogP contribution in [0.1, 0.15) is 16.1 Å². The first kappa shape index (κ1) is 13.5. The summed E-state index contributed by atoms with van der Waals surface area (Å²) in [6.07, 6.45) is 0. The monoisotopic (exact) mass is 273 g/mol. The van der Waals surface area contributed by atoms with Crippen molar-refractivity contribution in [1.82, 2.24) is 4.98 Å². The quantitative estimate of drug-likeness (QED) is 0.730. The highest BCUT2D eigenvalue weighted by Crippen LogP contribution is 2.28. The Kier molecular flexibility index (Phi) is 4.78. The standard InChI is InChI=1S/C12H12ClNS.ClH/c1-8-3-5-10(6-4-8)12-14-9(2)11(7-13)15-12;/h3-6H,7H2,1-2H3;1H. The molecule has 0 unspecified atom stereocenters. The van der Waals surface area contributed by atoms with E-state index < -0.39 is 0 Å². The van der Waals surface area contributed by atoms with Crippen molar-refractivity contribution in [2.75, 3.05) is 0 Å². The van der Waals surface area contributed by atoms with E-state index in [1.165, 1.54) is 11.1 Å². The van der Waals surface area contributed by atoms with E-state index in [0.717, 1.165) is 15.6 Å². The number of hydrogen-bond donors (Lipinski definition) is 0. The maximum Gasteiger partial charge on any atom is 0.123 e. The molecule has 0 radical (unpaired) electrons. The predicted molar refractivity (Wildman–Crippen MR) is 73.8 cm³/mol. The molecule has 0 amide bonds. The third kappa shape index (κ3) is 2.76. The molecule has 0 spiro atoms. The number of alkyl halides is 1. The van der Waals surface area contributed by atoms with Gasteiger partial charge in [0.2, 0.25) is 0 Å². The highest BCUT2D eigenvalue weighted by atomic mass is 35.5. The lowest BCUT2D eigenvalue weighted by Crippen LogP contribution is -1.78. The molecular weight excluding hydrogens is 261 g/mol. The number of aromatic nitrogens is 1. The van der Waals surface area contributed by atoms with Gasteiger partial charge in [-0.25, -0.2) is 4.98 Å². The minimum atomic E-state index is 0. The highest BCUT2D eigenvalue weighted by molar-refractivity contribution is 7.15. The number of aryl methyl sites for hydroxylation is 2. The number of rotatable bonds is 2. The van der Waals surface area contributed by atoms with Crippen LogP contribution in [-0.2, 0) is 5.88 Å². The van der Waals surface area contributed by atoms with E-state index in [0.29, 0.717) is 5.88 Å². The van der Waals surface area contributed by atoms with Gasteiger partial charge in [0, 0.05) is 10.4 Å². The second-order valence-corrected chi connectivity index (χ2v) is 4.88. The van der Waals surface area contributed by atoms with Gasteiger partial charge in [-0.1, -0.05) is 29.8 Å². The van der Waals surface area contributed by atoms with Crippen LogP contribution in [0.5, 0.6) is 0 Å². The van der Waals surface area contributed by atoms with Gasteiger partial charge in [0.05, 0.1) is 11.6 Å². The molecule has 2 aromatic rings. The van der Waals surface area contributed by atoms with Crippen LogP contribution in [0.25, 0.3) is 10.6 Å². The average Bonchev–Trinajstić information content (AvgIpc) is 2.61. The van der Waals surface area contributed by atoms with E-state index in [1.54, 1.807) is 11.3 Å². The molecule has 0 aliphatic rings. The van der Waals surface area contributed by atoms with Crippen molar-refractivity contribution in [3.63, 3.8) is 0 Å². The fourth-order valence-electron chi connectivity index (χ4n) is 1.37. The van der Waals surface area contributed by atoms with E-state index >= 15 is 0 Å². The van der Waals surface area contributed by atoms with Crippen molar-refractivity contribution >= 4 is 35.3 Å². The maximum absolute atomic E-state index is 5.83. The van der Waals surface area contributed by atoms with Gasteiger partial charge in [0.15, 0.2) is 0 Å². The molecule has 0 aliphatic carbocycles. The first-order valence-electron chi connectivity index (χ1n) is 4.80. The predicted octanol–water partition coefficient (Wildman–Crippen LogP) is 4.59. The van der Waals surface area contributed by atoms with Crippen molar-refractivity contribution in [2.45, 2.75) is 19.7 Å². The Morgan fingerprint density at radius 2 is 1.81 bits per heavy atom. The topological polar surface area (TPSA) is 12.9 Å². The van der Waals surface area contributed by atoms with Gasteiger partial charge >= 0.3 is 0 Å². The van der Waals surface area contributed by atoms with Gasteiger partial charge in [-0.05, 0) is 13.8 Å². The van der Waals surface area contributed by atoms with Crippen molar-refractivity contribution in [1.29, 1.82) is 0 Å². The van der Waals surface area contributed by atoms with E-state index in [2.05, 4.69) is 36.2 Å². The molecule has 86 valence electrons. The Labute approximate surface area is 111 Å². The summed E-state index contributed by atoms with van der Waals surface area (Å²) in [6, 6.07) is 8.41. The smallest absolute Gasteiger partial charge is 0.123 e. The molecule has 0 N–H and O–H groups in total. The molecule has 1 heterocycles. The van der Waals surface area contributed by atoms with Gasteiger partial charge < -0.3 is 0 Å². The molecule has 1 nitrogen and oxygen atoms in total. The first-order chi connectivity index (χ1) is 7.20. The molecule has 0 saturated heterocycles. The van der Waals surface area contributed by atoms with Crippen LogP contribution >= 0.6 is 35.3 Å². The minimum Gasteiger partial charge on any atom is -0.241 e. The number of halogens is 2. The van der Waals surface area contributed by atoms with Crippen molar-refractivity contribution in [3.05, 3.63) is 40.4 Å². The molecule has 4 heteroatoms. The van der Waals surface area contributed by atoms with Crippen LogP contribution in [0.15, 0.2) is 24.3 Å². The molecule has 16 heavy (non-hydrogen) atoms. The van der Waals surface area contributed by atoms with Crippen molar-refractivity contribution in [2.24, 2.45) is 0 Å². The molecule has 0 bridgehead atoms. The summed E-state index contributed by atoms with van der Waals surface area (Å²) in [7, 11) is 0. The lowest BCUT2D eigenvalue weighted by atomic mass is 10.2. The summed E-state index contributed by atoms with van der Waals surface area (Å²) in [4.78, 5) is 5.67. The Morgan fingerprint density at radius 3 is 2.31 bits per heavy atom. The maximum atomic E-state index is 5.83. The zero-order valence-corrected chi connectivity index (χ0v) is 11.5. The molecule has 1 aromatic heterocycles. The summed E-state index contributed by atoms with van der Waals surface area (Å²) < 4.78 is 0. The average molecular weight is 274 g/mol. The summed E-state index contributed by atoms with van der Waals surface area (Å²) in [5, 5.41) is 1.06. The molecule has 0 atom stereocenters. The molecular formula is C12H13Cl2NS. The normalized spacial score (nSPS) is 9.94. The zero-order valence-electron chi connectivity index (χ0n) is 9.16. The summed E-state index contributed by atoms with van der Waals surface area (Å²) in [5.74, 6) is 0.551. The summed E-state index contributed by atoms with van der Waals surface area (Å²) >= 11 is 7.50. The SMILES string of the molecule is Cc1ccc(-c2nc(C)c(CCl)s2)cc1.Cl. The highest BCUT2D eigenvalue weighted by Gasteiger charge is 2.07. The minimum absolute atomic E-state index is 0. The van der Waals surface area contributed by atoms with Crippen LogP contribution < -0.4 is 0 Å². The summed E-state index contributed by atoms with van der Waals surface area (Å²) in [5.41, 5.74) is 3.49. The van der Waals surface area contributed by atoms with Gasteiger partial charge in [-0.15, -0.1) is 35.3 Å². The number of hydrogen-bond acceptors (Lipinski definition) is 2. The van der Waals surface area contributed by atoms with Crippen LogP contribution in [0.2, 0.25) is 0 Å². The Hall–Kier alpha value is -0.570. The van der Waals surface area contributed by atoms with Gasteiger partial charge in [-0.2, -0.15) is 0 Å². The largest absolute Gasteiger partial charge is 0.241 e. The number of thiazole rings is 1. The fourth-order valence-corrected chi connectivity index (χ4v) is 2.65. The van der Waals surface area contributed by atoms with E-state index in [9.17, 15) is 0 Å². The lowest BCUT2D eigenvalue weighted by Gasteiger charge is -1.96. The third-order valence-corrected chi connectivity index (χ3v) is 3.94. The Bertz CT molecular complexity index is 462. The molecule has 0 aliphatic heterocycles.